The van der Waals surface area contributed by atoms with Crippen LogP contribution in [0.25, 0.3) is 0 Å². The minimum absolute atomic E-state index is 0.0618. The standard InChI is InChI=1S/C13H23N/c1-8-12(10(2)3)9-14-11(4)13(5,6)7/h8-10H,4H2,1-3,5-7H3/b12-8+,14-9?. The zero-order valence-corrected chi connectivity index (χ0v) is 10.4. The molecule has 0 rings (SSSR count). The van der Waals surface area contributed by atoms with Gasteiger partial charge in [0.2, 0.25) is 0 Å². The zero-order chi connectivity index (χ0) is 11.4. The van der Waals surface area contributed by atoms with Crippen molar-refractivity contribution in [3.63, 3.8) is 0 Å². The summed E-state index contributed by atoms with van der Waals surface area (Å²) < 4.78 is 0. The molecule has 0 aromatic rings. The molecule has 0 aliphatic carbocycles. The second-order valence-electron chi connectivity index (χ2n) is 4.90. The highest BCUT2D eigenvalue weighted by Crippen LogP contribution is 2.24. The fourth-order valence-electron chi connectivity index (χ4n) is 0.903. The molecular formula is C13H23N. The summed E-state index contributed by atoms with van der Waals surface area (Å²) in [7, 11) is 0. The van der Waals surface area contributed by atoms with Gasteiger partial charge < -0.3 is 0 Å². The van der Waals surface area contributed by atoms with Crippen molar-refractivity contribution in [1.29, 1.82) is 0 Å². The van der Waals surface area contributed by atoms with Crippen molar-refractivity contribution in [3.05, 3.63) is 23.9 Å². The van der Waals surface area contributed by atoms with E-state index in [1.54, 1.807) is 0 Å². The van der Waals surface area contributed by atoms with Crippen LogP contribution in [0.3, 0.4) is 0 Å². The number of nitrogens with zero attached hydrogens (tertiary/aromatic N) is 1. The molecular weight excluding hydrogens is 170 g/mol. The zero-order valence-electron chi connectivity index (χ0n) is 10.4. The maximum atomic E-state index is 4.40. The summed E-state index contributed by atoms with van der Waals surface area (Å²) >= 11 is 0. The highest BCUT2D eigenvalue weighted by atomic mass is 14.7. The molecule has 80 valence electrons. The van der Waals surface area contributed by atoms with Gasteiger partial charge in [-0.15, -0.1) is 0 Å². The van der Waals surface area contributed by atoms with Crippen LogP contribution in [0.2, 0.25) is 0 Å². The molecule has 0 unspecified atom stereocenters. The summed E-state index contributed by atoms with van der Waals surface area (Å²) in [6.45, 7) is 16.7. The molecule has 0 saturated carbocycles. The van der Waals surface area contributed by atoms with Gasteiger partial charge in [-0.2, -0.15) is 0 Å². The van der Waals surface area contributed by atoms with Crippen molar-refractivity contribution in [1.82, 2.24) is 0 Å². The molecule has 0 aliphatic rings. The number of hydrogen-bond donors (Lipinski definition) is 0. The third-order valence-corrected chi connectivity index (χ3v) is 2.24. The van der Waals surface area contributed by atoms with Crippen LogP contribution in [0.1, 0.15) is 41.5 Å². The first-order chi connectivity index (χ1) is 6.29. The molecule has 0 spiro atoms. The van der Waals surface area contributed by atoms with Crippen LogP contribution >= 0.6 is 0 Å². The van der Waals surface area contributed by atoms with Crippen LogP contribution in [0.5, 0.6) is 0 Å². The van der Waals surface area contributed by atoms with Crippen LogP contribution in [-0.4, -0.2) is 6.21 Å². The van der Waals surface area contributed by atoms with E-state index < -0.39 is 0 Å². The van der Waals surface area contributed by atoms with E-state index in [1.807, 2.05) is 13.1 Å². The SMILES string of the molecule is C=C(N=C/C(=C\C)C(C)C)C(C)(C)C. The largest absolute Gasteiger partial charge is 0.261 e. The Labute approximate surface area is 88.6 Å². The fourth-order valence-corrected chi connectivity index (χ4v) is 0.903. The van der Waals surface area contributed by atoms with Gasteiger partial charge in [-0.05, 0) is 18.4 Å². The van der Waals surface area contributed by atoms with Crippen LogP contribution in [-0.2, 0) is 0 Å². The Kier molecular flexibility index (Phi) is 4.82. The van der Waals surface area contributed by atoms with Crippen molar-refractivity contribution < 1.29 is 0 Å². The average Bonchev–Trinajstić information content (AvgIpc) is 2.02. The molecule has 1 nitrogen and oxygen atoms in total. The lowest BCUT2D eigenvalue weighted by Crippen LogP contribution is -2.07. The van der Waals surface area contributed by atoms with Crippen molar-refractivity contribution in [2.75, 3.05) is 0 Å². The van der Waals surface area contributed by atoms with Gasteiger partial charge in [-0.1, -0.05) is 47.3 Å². The van der Waals surface area contributed by atoms with Crippen molar-refractivity contribution in [3.8, 4) is 0 Å². The average molecular weight is 193 g/mol. The predicted molar refractivity (Wildman–Crippen MR) is 65.7 cm³/mol. The van der Waals surface area contributed by atoms with E-state index in [0.717, 1.165) is 5.70 Å². The summed E-state index contributed by atoms with van der Waals surface area (Å²) in [4.78, 5) is 4.40. The Morgan fingerprint density at radius 2 is 1.79 bits per heavy atom. The van der Waals surface area contributed by atoms with Crippen LogP contribution in [0.15, 0.2) is 28.9 Å². The smallest absolute Gasteiger partial charge is 0.0385 e. The topological polar surface area (TPSA) is 12.4 Å². The summed E-state index contributed by atoms with van der Waals surface area (Å²) in [5.74, 6) is 0.525. The van der Waals surface area contributed by atoms with Gasteiger partial charge in [-0.3, -0.25) is 4.99 Å². The molecule has 0 amide bonds. The van der Waals surface area contributed by atoms with Crippen LogP contribution in [0, 0.1) is 11.3 Å². The van der Waals surface area contributed by atoms with Gasteiger partial charge in [0.15, 0.2) is 0 Å². The van der Waals surface area contributed by atoms with E-state index in [2.05, 4.69) is 52.3 Å². The molecule has 0 saturated heterocycles. The van der Waals surface area contributed by atoms with E-state index in [0.29, 0.717) is 5.92 Å². The first-order valence-electron chi connectivity index (χ1n) is 5.18. The summed E-state index contributed by atoms with van der Waals surface area (Å²) in [6, 6.07) is 0. The van der Waals surface area contributed by atoms with Crippen molar-refractivity contribution >= 4 is 6.21 Å². The Balaban J connectivity index is 4.53. The van der Waals surface area contributed by atoms with Crippen LogP contribution < -0.4 is 0 Å². The summed E-state index contributed by atoms with van der Waals surface area (Å²) in [5.41, 5.74) is 2.25. The van der Waals surface area contributed by atoms with Gasteiger partial charge in [-0.25, -0.2) is 0 Å². The van der Waals surface area contributed by atoms with Gasteiger partial charge in [0.05, 0.1) is 0 Å². The Morgan fingerprint density at radius 3 is 2.07 bits per heavy atom. The molecule has 0 fully saturated rings. The number of hydrogen-bond acceptors (Lipinski definition) is 1. The normalized spacial score (nSPS) is 14.1. The van der Waals surface area contributed by atoms with Gasteiger partial charge in [0.25, 0.3) is 0 Å². The van der Waals surface area contributed by atoms with E-state index >= 15 is 0 Å². The van der Waals surface area contributed by atoms with E-state index in [4.69, 9.17) is 0 Å². The fraction of sp³-hybridized carbons (Fsp3) is 0.615. The van der Waals surface area contributed by atoms with Crippen molar-refractivity contribution in [2.45, 2.75) is 41.5 Å². The molecule has 0 aromatic carbocycles. The molecule has 14 heavy (non-hydrogen) atoms. The summed E-state index contributed by atoms with van der Waals surface area (Å²) in [5, 5.41) is 0. The third kappa shape index (κ3) is 4.40. The van der Waals surface area contributed by atoms with E-state index in [9.17, 15) is 0 Å². The van der Waals surface area contributed by atoms with Gasteiger partial charge in [0.1, 0.15) is 0 Å². The second kappa shape index (κ2) is 5.14. The Morgan fingerprint density at radius 1 is 1.29 bits per heavy atom. The molecule has 0 aromatic heterocycles. The number of rotatable bonds is 3. The number of allylic oxidation sites excluding steroid dienone is 3. The Hall–Kier alpha value is -0.850. The van der Waals surface area contributed by atoms with Gasteiger partial charge in [0, 0.05) is 17.3 Å². The lowest BCUT2D eigenvalue weighted by atomic mass is 9.93. The van der Waals surface area contributed by atoms with Crippen molar-refractivity contribution in [2.24, 2.45) is 16.3 Å². The highest BCUT2D eigenvalue weighted by Gasteiger charge is 2.13. The lowest BCUT2D eigenvalue weighted by molar-refractivity contribution is 0.501. The molecule has 0 bridgehead atoms. The second-order valence-corrected chi connectivity index (χ2v) is 4.90. The van der Waals surface area contributed by atoms with Gasteiger partial charge >= 0.3 is 0 Å². The first kappa shape index (κ1) is 13.2. The maximum absolute atomic E-state index is 4.40. The first-order valence-corrected chi connectivity index (χ1v) is 5.18. The van der Waals surface area contributed by atoms with Crippen LogP contribution in [0.4, 0.5) is 0 Å². The Bertz CT molecular complexity index is 249. The molecule has 1 heteroatoms. The predicted octanol–water partition coefficient (Wildman–Crippen LogP) is 4.22. The molecule has 0 radical (unpaired) electrons. The monoisotopic (exact) mass is 193 g/mol. The van der Waals surface area contributed by atoms with E-state index in [-0.39, 0.29) is 5.41 Å². The maximum Gasteiger partial charge on any atom is 0.0385 e. The molecule has 0 N–H and O–H groups in total. The number of aliphatic imine (C=N–C) groups is 1. The molecule has 0 aliphatic heterocycles. The molecule has 0 atom stereocenters. The minimum atomic E-state index is 0.0618. The quantitative estimate of drug-likeness (QED) is 0.595. The van der Waals surface area contributed by atoms with E-state index in [1.165, 1.54) is 5.57 Å². The highest BCUT2D eigenvalue weighted by molar-refractivity contribution is 5.79. The molecule has 0 heterocycles. The minimum Gasteiger partial charge on any atom is -0.261 e. The summed E-state index contributed by atoms with van der Waals surface area (Å²) in [6.07, 6.45) is 4.03. The third-order valence-electron chi connectivity index (χ3n) is 2.24. The lowest BCUT2D eigenvalue weighted by Gasteiger charge is -2.17.